The van der Waals surface area contributed by atoms with Gasteiger partial charge in [0, 0.05) is 23.5 Å². The van der Waals surface area contributed by atoms with Crippen molar-refractivity contribution in [1.29, 1.82) is 0 Å². The molecular weight excluding hydrogens is 252 g/mol. The fraction of sp³-hybridized carbons (Fsp3) is 0.438. The number of aliphatic hydroxyl groups excluding tert-OH is 1. The molecule has 20 heavy (non-hydrogen) atoms. The topological polar surface area (TPSA) is 56.3 Å². The first-order valence-electron chi connectivity index (χ1n) is 7.22. The molecule has 2 heterocycles. The molecule has 0 bridgehead atoms. The normalized spacial score (nSPS) is 20.5. The Morgan fingerprint density at radius 1 is 1.50 bits per heavy atom. The van der Waals surface area contributed by atoms with Crippen LogP contribution >= 0.6 is 0 Å². The molecule has 3 rings (SSSR count). The number of aliphatic hydroxyl groups is 1. The number of aromatic amines is 1. The van der Waals surface area contributed by atoms with E-state index < -0.39 is 0 Å². The van der Waals surface area contributed by atoms with Crippen LogP contribution in [-0.2, 0) is 0 Å². The summed E-state index contributed by atoms with van der Waals surface area (Å²) in [5, 5.41) is 10.6. The van der Waals surface area contributed by atoms with E-state index in [-0.39, 0.29) is 18.1 Å². The lowest BCUT2D eigenvalue weighted by Gasteiger charge is -2.25. The third-order valence-electron chi connectivity index (χ3n) is 4.01. The van der Waals surface area contributed by atoms with Gasteiger partial charge < -0.3 is 15.0 Å². The molecule has 4 nitrogen and oxygen atoms in total. The summed E-state index contributed by atoms with van der Waals surface area (Å²) >= 11 is 0. The van der Waals surface area contributed by atoms with E-state index in [0.29, 0.717) is 12.1 Å². The number of nitrogens with one attached hydrogen (secondary N) is 1. The number of fused-ring (bicyclic) bond motifs is 1. The number of H-pyrrole nitrogens is 1. The lowest BCUT2D eigenvalue weighted by molar-refractivity contribution is 0.0677. The average Bonchev–Trinajstić information content (AvgIpc) is 3.03. The number of para-hydroxylation sites is 1. The van der Waals surface area contributed by atoms with Crippen LogP contribution in [0.3, 0.4) is 0 Å². The van der Waals surface area contributed by atoms with Gasteiger partial charge in [0.2, 0.25) is 0 Å². The second-order valence-electron chi connectivity index (χ2n) is 5.65. The lowest BCUT2D eigenvalue weighted by Crippen LogP contribution is -2.37. The lowest BCUT2D eigenvalue weighted by atomic mass is 10.1. The van der Waals surface area contributed by atoms with Gasteiger partial charge in [-0.1, -0.05) is 18.2 Å². The molecule has 0 radical (unpaired) electrons. The fourth-order valence-corrected chi connectivity index (χ4v) is 3.09. The highest BCUT2D eigenvalue weighted by Gasteiger charge is 2.30. The zero-order chi connectivity index (χ0) is 14.1. The first-order chi connectivity index (χ1) is 9.65. The van der Waals surface area contributed by atoms with Crippen LogP contribution in [0.15, 0.2) is 30.3 Å². The maximum Gasteiger partial charge on any atom is 0.270 e. The van der Waals surface area contributed by atoms with Gasteiger partial charge in [0.25, 0.3) is 5.91 Å². The molecule has 0 saturated carbocycles. The molecule has 1 aliphatic heterocycles. The van der Waals surface area contributed by atoms with Gasteiger partial charge in [0.1, 0.15) is 5.69 Å². The summed E-state index contributed by atoms with van der Waals surface area (Å²) < 4.78 is 0. The first kappa shape index (κ1) is 13.2. The Morgan fingerprint density at radius 2 is 2.30 bits per heavy atom. The van der Waals surface area contributed by atoms with Crippen molar-refractivity contribution < 1.29 is 9.90 Å². The molecule has 0 spiro atoms. The maximum absolute atomic E-state index is 12.6. The first-order valence-corrected chi connectivity index (χ1v) is 7.22. The Balaban J connectivity index is 1.84. The number of hydrogen-bond acceptors (Lipinski definition) is 2. The fourth-order valence-electron chi connectivity index (χ4n) is 3.09. The van der Waals surface area contributed by atoms with Crippen molar-refractivity contribution in [3.8, 4) is 0 Å². The summed E-state index contributed by atoms with van der Waals surface area (Å²) in [5.74, 6) is 0.0457. The predicted molar refractivity (Wildman–Crippen MR) is 78.7 cm³/mol. The summed E-state index contributed by atoms with van der Waals surface area (Å²) in [6.45, 7) is 2.56. The molecule has 2 atom stereocenters. The van der Waals surface area contributed by atoms with E-state index in [1.54, 1.807) is 6.92 Å². The van der Waals surface area contributed by atoms with Crippen molar-refractivity contribution in [3.63, 3.8) is 0 Å². The minimum atomic E-state index is -0.365. The Labute approximate surface area is 118 Å². The minimum Gasteiger partial charge on any atom is -0.393 e. The zero-order valence-corrected chi connectivity index (χ0v) is 11.7. The van der Waals surface area contributed by atoms with Gasteiger partial charge in [-0.05, 0) is 38.3 Å². The molecule has 1 aromatic carbocycles. The van der Waals surface area contributed by atoms with Crippen molar-refractivity contribution in [2.75, 3.05) is 6.54 Å². The van der Waals surface area contributed by atoms with E-state index in [4.69, 9.17) is 0 Å². The standard InChI is InChI=1S/C16H20N2O2/c1-11(19)9-13-6-4-8-18(13)16(20)15-10-12-5-2-3-7-14(12)17-15/h2-3,5,7,10-11,13,17,19H,4,6,8-9H2,1H3. The number of amides is 1. The summed E-state index contributed by atoms with van der Waals surface area (Å²) in [4.78, 5) is 17.7. The Morgan fingerprint density at radius 3 is 3.05 bits per heavy atom. The van der Waals surface area contributed by atoms with Crippen molar-refractivity contribution in [1.82, 2.24) is 9.88 Å². The van der Waals surface area contributed by atoms with Gasteiger partial charge in [-0.15, -0.1) is 0 Å². The molecule has 0 aliphatic carbocycles. The molecule has 1 fully saturated rings. The maximum atomic E-state index is 12.6. The van der Waals surface area contributed by atoms with Crippen LogP contribution in [0.25, 0.3) is 10.9 Å². The summed E-state index contributed by atoms with van der Waals surface area (Å²) in [6.07, 6.45) is 2.29. The number of nitrogens with zero attached hydrogens (tertiary/aromatic N) is 1. The molecule has 1 saturated heterocycles. The van der Waals surface area contributed by atoms with E-state index in [1.165, 1.54) is 0 Å². The average molecular weight is 272 g/mol. The van der Waals surface area contributed by atoms with Gasteiger partial charge in [0.05, 0.1) is 6.10 Å². The van der Waals surface area contributed by atoms with Gasteiger partial charge >= 0.3 is 0 Å². The van der Waals surface area contributed by atoms with Crippen molar-refractivity contribution >= 4 is 16.8 Å². The van der Waals surface area contributed by atoms with Crippen LogP contribution in [-0.4, -0.2) is 39.6 Å². The minimum absolute atomic E-state index is 0.0457. The number of carbonyl (C=O) groups is 1. The van der Waals surface area contributed by atoms with Crippen molar-refractivity contribution in [2.45, 2.75) is 38.3 Å². The van der Waals surface area contributed by atoms with E-state index in [1.807, 2.05) is 35.2 Å². The molecular formula is C16H20N2O2. The Kier molecular flexibility index (Phi) is 3.49. The van der Waals surface area contributed by atoms with Crippen LogP contribution in [0.1, 0.15) is 36.7 Å². The van der Waals surface area contributed by atoms with E-state index in [0.717, 1.165) is 30.3 Å². The summed E-state index contributed by atoms with van der Waals surface area (Å²) in [5.41, 5.74) is 1.63. The van der Waals surface area contributed by atoms with E-state index in [2.05, 4.69) is 4.98 Å². The second-order valence-corrected chi connectivity index (χ2v) is 5.65. The Bertz CT molecular complexity index is 585. The van der Waals surface area contributed by atoms with E-state index in [9.17, 15) is 9.90 Å². The van der Waals surface area contributed by atoms with Gasteiger partial charge in [0.15, 0.2) is 0 Å². The smallest absolute Gasteiger partial charge is 0.270 e. The van der Waals surface area contributed by atoms with Crippen LogP contribution in [0.4, 0.5) is 0 Å². The highest BCUT2D eigenvalue weighted by Crippen LogP contribution is 2.24. The number of benzene rings is 1. The molecule has 106 valence electrons. The Hall–Kier alpha value is -1.81. The largest absolute Gasteiger partial charge is 0.393 e. The van der Waals surface area contributed by atoms with Crippen molar-refractivity contribution in [3.05, 3.63) is 36.0 Å². The number of aromatic nitrogens is 1. The van der Waals surface area contributed by atoms with Crippen LogP contribution in [0.2, 0.25) is 0 Å². The molecule has 1 aliphatic rings. The number of likely N-dealkylation sites (tertiary alicyclic amines) is 1. The number of rotatable bonds is 3. The molecule has 1 aromatic heterocycles. The summed E-state index contributed by atoms with van der Waals surface area (Å²) in [6, 6.07) is 9.97. The second kappa shape index (κ2) is 5.29. The van der Waals surface area contributed by atoms with Crippen LogP contribution in [0, 0.1) is 0 Å². The molecule has 4 heteroatoms. The monoisotopic (exact) mass is 272 g/mol. The molecule has 2 unspecified atom stereocenters. The van der Waals surface area contributed by atoms with E-state index >= 15 is 0 Å². The predicted octanol–water partition coefficient (Wildman–Crippen LogP) is 2.54. The third kappa shape index (κ3) is 2.43. The highest BCUT2D eigenvalue weighted by atomic mass is 16.3. The van der Waals surface area contributed by atoms with Gasteiger partial charge in [-0.25, -0.2) is 0 Å². The quantitative estimate of drug-likeness (QED) is 0.902. The van der Waals surface area contributed by atoms with Crippen LogP contribution in [0.5, 0.6) is 0 Å². The molecule has 1 amide bonds. The SMILES string of the molecule is CC(O)CC1CCCN1C(=O)c1cc2ccccc2[nH]1. The van der Waals surface area contributed by atoms with Crippen LogP contribution < -0.4 is 0 Å². The molecule has 2 N–H and O–H groups in total. The molecule has 2 aromatic rings. The zero-order valence-electron chi connectivity index (χ0n) is 11.7. The number of carbonyl (C=O) groups excluding carboxylic acids is 1. The summed E-state index contributed by atoms with van der Waals surface area (Å²) in [7, 11) is 0. The highest BCUT2D eigenvalue weighted by molar-refractivity contribution is 5.98. The number of hydrogen-bond donors (Lipinski definition) is 2. The third-order valence-corrected chi connectivity index (χ3v) is 4.01. The van der Waals surface area contributed by atoms with Gasteiger partial charge in [-0.2, -0.15) is 0 Å². The van der Waals surface area contributed by atoms with Gasteiger partial charge in [-0.3, -0.25) is 4.79 Å². The van der Waals surface area contributed by atoms with Crippen molar-refractivity contribution in [2.24, 2.45) is 0 Å².